The molecule has 3 aromatic carbocycles. The first kappa shape index (κ1) is 18.5. The van der Waals surface area contributed by atoms with Crippen molar-refractivity contribution in [3.63, 3.8) is 0 Å². The Morgan fingerprint density at radius 3 is 1.71 bits per heavy atom. The molecule has 3 aromatic rings. The molecule has 0 spiro atoms. The van der Waals surface area contributed by atoms with Crippen LogP contribution in [-0.4, -0.2) is 0 Å². The Balaban J connectivity index is 1.92. The molecule has 0 nitrogen and oxygen atoms in total. The van der Waals surface area contributed by atoms with Gasteiger partial charge in [-0.25, -0.2) is 0 Å². The number of halogens is 4. The van der Waals surface area contributed by atoms with E-state index in [1.165, 1.54) is 12.1 Å². The van der Waals surface area contributed by atoms with Crippen LogP contribution in [0.3, 0.4) is 0 Å². The third kappa shape index (κ3) is 3.62. The van der Waals surface area contributed by atoms with Crippen LogP contribution in [0.2, 0.25) is 0 Å². The monoisotopic (exact) mass is 438 g/mol. The Morgan fingerprint density at radius 2 is 1.21 bits per heavy atom. The van der Waals surface area contributed by atoms with Gasteiger partial charge in [0, 0.05) is 5.57 Å². The van der Waals surface area contributed by atoms with Gasteiger partial charge in [0.15, 0.2) is 0 Å². The van der Waals surface area contributed by atoms with Gasteiger partial charge in [-0.1, -0.05) is 78.5 Å². The molecule has 0 bridgehead atoms. The molecule has 4 rings (SSSR count). The minimum absolute atomic E-state index is 0.600. The fourth-order valence-electron chi connectivity index (χ4n) is 3.19. The molecule has 0 amide bonds. The lowest BCUT2D eigenvalue weighted by Crippen LogP contribution is -2.04. The van der Waals surface area contributed by atoms with E-state index in [1.807, 2.05) is 48.5 Å². The number of fused-ring (bicyclic) bond motifs is 2. The second kappa shape index (κ2) is 7.31. The average Bonchev–Trinajstić information content (AvgIpc) is 2.85. The molecule has 0 fully saturated rings. The summed E-state index contributed by atoms with van der Waals surface area (Å²) >= 11 is 3.51. The van der Waals surface area contributed by atoms with E-state index in [0.29, 0.717) is 10.0 Å². The summed E-state index contributed by atoms with van der Waals surface area (Å²) in [7, 11) is 0. The van der Waals surface area contributed by atoms with E-state index in [4.69, 9.17) is 0 Å². The van der Waals surface area contributed by atoms with Crippen LogP contribution in [0.1, 0.15) is 33.4 Å². The molecule has 0 aromatic heterocycles. The quantitative estimate of drug-likeness (QED) is 0.267. The zero-order valence-electron chi connectivity index (χ0n) is 14.6. The van der Waals surface area contributed by atoms with E-state index < -0.39 is 11.7 Å². The molecule has 4 heteroatoms. The Kier molecular flexibility index (Phi) is 4.84. The van der Waals surface area contributed by atoms with Gasteiger partial charge in [0.25, 0.3) is 0 Å². The Bertz CT molecular complexity index is 1080. The summed E-state index contributed by atoms with van der Waals surface area (Å²) in [6.07, 6.45) is -0.220. The maximum absolute atomic E-state index is 12.8. The summed E-state index contributed by atoms with van der Waals surface area (Å²) in [4.78, 5) is 0. The lowest BCUT2D eigenvalue weighted by Gasteiger charge is -2.10. The summed E-state index contributed by atoms with van der Waals surface area (Å²) in [5, 5.41) is 0. The molecule has 0 heterocycles. The van der Waals surface area contributed by atoms with E-state index in [2.05, 4.69) is 33.8 Å². The molecule has 1 aliphatic carbocycles. The van der Waals surface area contributed by atoms with Crippen molar-refractivity contribution in [1.29, 1.82) is 0 Å². The normalized spacial score (nSPS) is 12.6. The average molecular weight is 439 g/mol. The number of benzene rings is 3. The molecular weight excluding hydrogens is 425 g/mol. The Morgan fingerprint density at radius 1 is 0.714 bits per heavy atom. The Labute approximate surface area is 169 Å². The maximum atomic E-state index is 12.8. The highest BCUT2D eigenvalue weighted by molar-refractivity contribution is 9.15. The molecule has 0 N–H and O–H groups in total. The van der Waals surface area contributed by atoms with Gasteiger partial charge >= 0.3 is 6.18 Å². The van der Waals surface area contributed by atoms with E-state index in [1.54, 1.807) is 0 Å². The first-order valence-corrected chi connectivity index (χ1v) is 9.44. The SMILES string of the molecule is FC(F)(F)c1ccc(C(Br)=C=C2c3ccccc3C=Cc3ccccc32)cc1. The molecule has 0 aliphatic heterocycles. The summed E-state index contributed by atoms with van der Waals surface area (Å²) in [5.41, 5.74) is 8.40. The standard InChI is InChI=1S/C24H14BrF3/c25-23(18-11-13-19(14-12-18)24(26,27)28)15-22-20-7-3-1-5-16(20)9-10-17-6-2-4-8-21(17)22/h1-14H. The van der Waals surface area contributed by atoms with Crippen molar-refractivity contribution in [1.82, 2.24) is 0 Å². The zero-order chi connectivity index (χ0) is 19.7. The minimum Gasteiger partial charge on any atom is -0.166 e. The van der Waals surface area contributed by atoms with Crippen LogP contribution < -0.4 is 0 Å². The molecule has 138 valence electrons. The van der Waals surface area contributed by atoms with Crippen molar-refractivity contribution in [2.75, 3.05) is 0 Å². The van der Waals surface area contributed by atoms with Crippen molar-refractivity contribution in [3.8, 4) is 0 Å². The van der Waals surface area contributed by atoms with Gasteiger partial charge in [0.05, 0.1) is 10.0 Å². The smallest absolute Gasteiger partial charge is 0.166 e. The first-order valence-electron chi connectivity index (χ1n) is 8.64. The summed E-state index contributed by atoms with van der Waals surface area (Å²) < 4.78 is 39.1. The highest BCUT2D eigenvalue weighted by Gasteiger charge is 2.30. The largest absolute Gasteiger partial charge is 0.416 e. The lowest BCUT2D eigenvalue weighted by atomic mass is 9.94. The number of alkyl halides is 3. The molecular formula is C24H14BrF3. The second-order valence-corrected chi connectivity index (χ2v) is 7.19. The summed E-state index contributed by atoms with van der Waals surface area (Å²) in [6, 6.07) is 21.1. The topological polar surface area (TPSA) is 0 Å². The van der Waals surface area contributed by atoms with Crippen LogP contribution in [0, 0.1) is 0 Å². The lowest BCUT2D eigenvalue weighted by molar-refractivity contribution is -0.137. The predicted octanol–water partition coefficient (Wildman–Crippen LogP) is 7.66. The third-order valence-electron chi connectivity index (χ3n) is 4.60. The van der Waals surface area contributed by atoms with Crippen molar-refractivity contribution in [2.45, 2.75) is 6.18 Å². The van der Waals surface area contributed by atoms with Crippen LogP contribution in [0.15, 0.2) is 78.5 Å². The number of hydrogen-bond acceptors (Lipinski definition) is 0. The minimum atomic E-state index is -4.35. The van der Waals surface area contributed by atoms with Crippen molar-refractivity contribution < 1.29 is 13.2 Å². The van der Waals surface area contributed by atoms with Gasteiger partial charge in [-0.05, 0) is 55.9 Å². The first-order chi connectivity index (χ1) is 13.4. The van der Waals surface area contributed by atoms with Gasteiger partial charge in [0.1, 0.15) is 0 Å². The van der Waals surface area contributed by atoms with Crippen molar-refractivity contribution >= 4 is 38.1 Å². The van der Waals surface area contributed by atoms with Crippen molar-refractivity contribution in [3.05, 3.63) is 112 Å². The van der Waals surface area contributed by atoms with Crippen LogP contribution in [-0.2, 0) is 6.18 Å². The van der Waals surface area contributed by atoms with Crippen LogP contribution >= 0.6 is 15.9 Å². The number of rotatable bonds is 1. The highest BCUT2D eigenvalue weighted by Crippen LogP contribution is 2.35. The Hall–Kier alpha value is -2.81. The van der Waals surface area contributed by atoms with Gasteiger partial charge < -0.3 is 0 Å². The van der Waals surface area contributed by atoms with Gasteiger partial charge in [-0.2, -0.15) is 13.2 Å². The molecule has 0 atom stereocenters. The van der Waals surface area contributed by atoms with E-state index in [-0.39, 0.29) is 0 Å². The third-order valence-corrected chi connectivity index (χ3v) is 5.26. The molecule has 0 unspecified atom stereocenters. The van der Waals surface area contributed by atoms with E-state index in [9.17, 15) is 13.2 Å². The van der Waals surface area contributed by atoms with Gasteiger partial charge in [-0.15, -0.1) is 0 Å². The fourth-order valence-corrected chi connectivity index (χ4v) is 3.65. The predicted molar refractivity (Wildman–Crippen MR) is 112 cm³/mol. The molecule has 0 radical (unpaired) electrons. The molecule has 1 aliphatic rings. The van der Waals surface area contributed by atoms with E-state index in [0.717, 1.165) is 40.0 Å². The summed E-state index contributed by atoms with van der Waals surface area (Å²) in [5.74, 6) is 0. The van der Waals surface area contributed by atoms with Gasteiger partial charge in [-0.3, -0.25) is 0 Å². The molecule has 0 saturated heterocycles. The van der Waals surface area contributed by atoms with Crippen molar-refractivity contribution in [2.24, 2.45) is 0 Å². The fraction of sp³-hybridized carbons (Fsp3) is 0.0417. The number of hydrogen-bond donors (Lipinski definition) is 0. The summed E-state index contributed by atoms with van der Waals surface area (Å²) in [6.45, 7) is 0. The van der Waals surface area contributed by atoms with Crippen LogP contribution in [0.4, 0.5) is 13.2 Å². The van der Waals surface area contributed by atoms with Crippen LogP contribution in [0.25, 0.3) is 22.2 Å². The molecule has 28 heavy (non-hydrogen) atoms. The second-order valence-electron chi connectivity index (χ2n) is 6.40. The highest BCUT2D eigenvalue weighted by atomic mass is 79.9. The maximum Gasteiger partial charge on any atom is 0.416 e. The van der Waals surface area contributed by atoms with Gasteiger partial charge in [0.2, 0.25) is 0 Å². The zero-order valence-corrected chi connectivity index (χ0v) is 16.2. The van der Waals surface area contributed by atoms with E-state index >= 15 is 0 Å². The van der Waals surface area contributed by atoms with Crippen LogP contribution in [0.5, 0.6) is 0 Å². The molecule has 0 saturated carbocycles.